The van der Waals surface area contributed by atoms with E-state index in [0.29, 0.717) is 19.3 Å². The predicted octanol–water partition coefficient (Wildman–Crippen LogP) is 17.7. The van der Waals surface area contributed by atoms with E-state index in [1.165, 1.54) is 186 Å². The molecule has 0 saturated heterocycles. The lowest BCUT2D eigenvalue weighted by Crippen LogP contribution is -2.30. The summed E-state index contributed by atoms with van der Waals surface area (Å²) in [5, 5.41) is 0. The molecule has 2 atom stereocenters. The lowest BCUT2D eigenvalue weighted by molar-refractivity contribution is -0.167. The first-order valence-electron chi connectivity index (χ1n) is 27.3. The molecule has 0 N–H and O–H groups in total. The first-order chi connectivity index (χ1) is 29.8. The zero-order chi connectivity index (χ0) is 44.7. The summed E-state index contributed by atoms with van der Waals surface area (Å²) in [5.41, 5.74) is 0. The highest BCUT2D eigenvalue weighted by Gasteiger charge is 2.19. The van der Waals surface area contributed by atoms with E-state index in [1.54, 1.807) is 0 Å². The lowest BCUT2D eigenvalue weighted by atomic mass is 9.99. The highest BCUT2D eigenvalue weighted by molar-refractivity contribution is 5.71. The molecule has 362 valence electrons. The maximum atomic E-state index is 12.6. The third-order valence-electron chi connectivity index (χ3n) is 12.8. The normalized spacial score (nSPS) is 12.5. The number of ether oxygens (including phenoxy) is 3. The van der Waals surface area contributed by atoms with Gasteiger partial charge in [-0.15, -0.1) is 0 Å². The van der Waals surface area contributed by atoms with E-state index in [-0.39, 0.29) is 31.1 Å². The van der Waals surface area contributed by atoms with Crippen molar-refractivity contribution >= 4 is 17.9 Å². The van der Waals surface area contributed by atoms with Gasteiger partial charge >= 0.3 is 17.9 Å². The standard InChI is InChI=1S/C55H106O6/c1-6-8-9-33-42-47-55(58)61-52(49-60-54(57)46-41-37-32-28-24-20-16-17-21-25-29-34-38-43-50(3)4)48-59-53(56)45-40-36-31-27-23-19-15-13-11-10-12-14-18-22-26-30-35-39-44-51(5)7-2/h50-52H,6-49H2,1-5H3/t51?,52-/m1/s1. The van der Waals surface area contributed by atoms with Gasteiger partial charge in [-0.1, -0.05) is 266 Å². The van der Waals surface area contributed by atoms with Crippen LogP contribution in [0, 0.1) is 11.8 Å². The van der Waals surface area contributed by atoms with Crippen LogP contribution >= 0.6 is 0 Å². The van der Waals surface area contributed by atoms with Crippen LogP contribution < -0.4 is 0 Å². The van der Waals surface area contributed by atoms with Crippen molar-refractivity contribution < 1.29 is 28.6 Å². The minimum Gasteiger partial charge on any atom is -0.462 e. The summed E-state index contributed by atoms with van der Waals surface area (Å²) in [6.07, 6.45) is 49.9. The maximum Gasteiger partial charge on any atom is 0.306 e. The molecule has 0 amide bonds. The van der Waals surface area contributed by atoms with Crippen molar-refractivity contribution in [1.29, 1.82) is 0 Å². The Balaban J connectivity index is 4.00. The van der Waals surface area contributed by atoms with Crippen molar-refractivity contribution in [3.05, 3.63) is 0 Å². The molecule has 0 aliphatic rings. The highest BCUT2D eigenvalue weighted by Crippen LogP contribution is 2.18. The van der Waals surface area contributed by atoms with Crippen molar-refractivity contribution in [3.8, 4) is 0 Å². The van der Waals surface area contributed by atoms with Gasteiger partial charge in [0.05, 0.1) is 0 Å². The number of carbonyl (C=O) groups is 3. The minimum atomic E-state index is -0.759. The molecule has 0 aromatic heterocycles. The molecule has 0 aromatic carbocycles. The predicted molar refractivity (Wildman–Crippen MR) is 261 cm³/mol. The Labute approximate surface area is 380 Å². The molecule has 0 aliphatic heterocycles. The van der Waals surface area contributed by atoms with Crippen LogP contribution in [-0.2, 0) is 28.6 Å². The fraction of sp³-hybridized carbons (Fsp3) is 0.945. The molecule has 1 unspecified atom stereocenters. The number of hydrogen-bond donors (Lipinski definition) is 0. The van der Waals surface area contributed by atoms with Crippen LogP contribution in [0.4, 0.5) is 0 Å². The molecule has 0 radical (unpaired) electrons. The van der Waals surface area contributed by atoms with Crippen LogP contribution in [0.5, 0.6) is 0 Å². The van der Waals surface area contributed by atoms with Gasteiger partial charge in [0.1, 0.15) is 13.2 Å². The zero-order valence-electron chi connectivity index (χ0n) is 41.8. The second-order valence-corrected chi connectivity index (χ2v) is 19.6. The van der Waals surface area contributed by atoms with Crippen molar-refractivity contribution in [3.63, 3.8) is 0 Å². The number of carbonyl (C=O) groups excluding carboxylic acids is 3. The van der Waals surface area contributed by atoms with E-state index in [1.807, 2.05) is 0 Å². The van der Waals surface area contributed by atoms with E-state index in [0.717, 1.165) is 76.0 Å². The Morgan fingerprint density at radius 2 is 0.623 bits per heavy atom. The Bertz CT molecular complexity index is 933. The van der Waals surface area contributed by atoms with Crippen molar-refractivity contribution in [1.82, 2.24) is 0 Å². The molecular weight excluding hydrogens is 757 g/mol. The maximum absolute atomic E-state index is 12.6. The van der Waals surface area contributed by atoms with Gasteiger partial charge in [0.25, 0.3) is 0 Å². The Hall–Kier alpha value is -1.59. The molecule has 0 bridgehead atoms. The molecule has 0 fully saturated rings. The third kappa shape index (κ3) is 47.7. The molecular formula is C55H106O6. The fourth-order valence-electron chi connectivity index (χ4n) is 8.31. The molecule has 0 heterocycles. The summed E-state index contributed by atoms with van der Waals surface area (Å²) >= 11 is 0. The van der Waals surface area contributed by atoms with Crippen LogP contribution in [0.2, 0.25) is 0 Å². The smallest absolute Gasteiger partial charge is 0.306 e. The van der Waals surface area contributed by atoms with Crippen LogP contribution in [0.25, 0.3) is 0 Å². The van der Waals surface area contributed by atoms with Gasteiger partial charge in [-0.2, -0.15) is 0 Å². The van der Waals surface area contributed by atoms with Crippen LogP contribution in [0.3, 0.4) is 0 Å². The summed E-state index contributed by atoms with van der Waals surface area (Å²) in [4.78, 5) is 37.7. The SMILES string of the molecule is CCCCCCCC(=O)O[C@H](COC(=O)CCCCCCCCCCCCCCCCCCCCC(C)CC)COC(=O)CCCCCCCCCCCCCCCC(C)C. The van der Waals surface area contributed by atoms with E-state index < -0.39 is 6.10 Å². The number of hydrogen-bond acceptors (Lipinski definition) is 6. The summed E-state index contributed by atoms with van der Waals surface area (Å²) < 4.78 is 16.7. The zero-order valence-corrected chi connectivity index (χ0v) is 41.8. The van der Waals surface area contributed by atoms with Gasteiger partial charge in [-0.05, 0) is 31.1 Å². The van der Waals surface area contributed by atoms with E-state index in [9.17, 15) is 14.4 Å². The summed E-state index contributed by atoms with van der Waals surface area (Å²) in [5.74, 6) is 0.890. The fourth-order valence-corrected chi connectivity index (χ4v) is 8.31. The molecule has 0 rings (SSSR count). The quantitative estimate of drug-likeness (QED) is 0.0344. The first-order valence-corrected chi connectivity index (χ1v) is 27.3. The molecule has 6 heteroatoms. The van der Waals surface area contributed by atoms with Gasteiger partial charge in [-0.25, -0.2) is 0 Å². The topological polar surface area (TPSA) is 78.9 Å². The Morgan fingerprint density at radius 3 is 0.934 bits per heavy atom. The average molecular weight is 863 g/mol. The molecule has 6 nitrogen and oxygen atoms in total. The number of unbranched alkanes of at least 4 members (excludes halogenated alkanes) is 33. The monoisotopic (exact) mass is 863 g/mol. The second-order valence-electron chi connectivity index (χ2n) is 19.6. The van der Waals surface area contributed by atoms with Gasteiger partial charge in [0.15, 0.2) is 6.10 Å². The van der Waals surface area contributed by atoms with Gasteiger partial charge in [0, 0.05) is 19.3 Å². The molecule has 0 aromatic rings. The van der Waals surface area contributed by atoms with Crippen LogP contribution in [0.1, 0.15) is 304 Å². The number of rotatable bonds is 49. The molecule has 0 saturated carbocycles. The Kier molecular flexibility index (Phi) is 46.6. The van der Waals surface area contributed by atoms with Gasteiger partial charge in [0.2, 0.25) is 0 Å². The molecule has 0 aliphatic carbocycles. The van der Waals surface area contributed by atoms with E-state index in [4.69, 9.17) is 14.2 Å². The van der Waals surface area contributed by atoms with Crippen molar-refractivity contribution in [2.75, 3.05) is 13.2 Å². The lowest BCUT2D eigenvalue weighted by Gasteiger charge is -2.18. The van der Waals surface area contributed by atoms with Crippen LogP contribution in [-0.4, -0.2) is 37.2 Å². The molecule has 0 spiro atoms. The molecule has 61 heavy (non-hydrogen) atoms. The second kappa shape index (κ2) is 47.9. The van der Waals surface area contributed by atoms with Crippen molar-refractivity contribution in [2.45, 2.75) is 310 Å². The summed E-state index contributed by atoms with van der Waals surface area (Å²) in [7, 11) is 0. The van der Waals surface area contributed by atoms with E-state index >= 15 is 0 Å². The Morgan fingerprint density at radius 1 is 0.344 bits per heavy atom. The minimum absolute atomic E-state index is 0.0648. The number of esters is 3. The van der Waals surface area contributed by atoms with Crippen LogP contribution in [0.15, 0.2) is 0 Å². The average Bonchev–Trinajstić information content (AvgIpc) is 3.24. The largest absolute Gasteiger partial charge is 0.462 e. The van der Waals surface area contributed by atoms with Crippen molar-refractivity contribution in [2.24, 2.45) is 11.8 Å². The third-order valence-corrected chi connectivity index (χ3v) is 12.8. The van der Waals surface area contributed by atoms with Gasteiger partial charge in [-0.3, -0.25) is 14.4 Å². The first kappa shape index (κ1) is 59.4. The highest BCUT2D eigenvalue weighted by atomic mass is 16.6. The van der Waals surface area contributed by atoms with Gasteiger partial charge < -0.3 is 14.2 Å². The summed E-state index contributed by atoms with van der Waals surface area (Å²) in [6.45, 7) is 11.4. The van der Waals surface area contributed by atoms with E-state index in [2.05, 4.69) is 34.6 Å². The summed E-state index contributed by atoms with van der Waals surface area (Å²) in [6, 6.07) is 0.